The van der Waals surface area contributed by atoms with E-state index in [9.17, 15) is 0 Å². The quantitative estimate of drug-likeness (QED) is 0.156. The molecular formula is C95H78N4S4+4. The first kappa shape index (κ1) is 62.0. The van der Waals surface area contributed by atoms with Crippen molar-refractivity contribution in [3.8, 4) is 45.0 Å². The zero-order valence-corrected chi connectivity index (χ0v) is 62.7. The second-order valence-electron chi connectivity index (χ2n) is 27.8. The highest BCUT2D eigenvalue weighted by atomic mass is 32.1. The predicted molar refractivity (Wildman–Crippen MR) is 447 cm³/mol. The van der Waals surface area contributed by atoms with E-state index in [1.807, 2.05) is 65.4 Å². The molecule has 12 aromatic carbocycles. The Labute approximate surface area is 621 Å². The molecule has 0 N–H and O–H groups in total. The van der Waals surface area contributed by atoms with Crippen molar-refractivity contribution in [2.45, 2.75) is 48.4 Å². The lowest BCUT2D eigenvalue weighted by Gasteiger charge is -2.06. The molecule has 103 heavy (non-hydrogen) atoms. The first-order valence-corrected chi connectivity index (χ1v) is 38.3. The molecule has 8 aromatic heterocycles. The fraction of sp³-hybridized carbons (Fsp3) is 0.116. The molecule has 0 saturated heterocycles. The smallest absolute Gasteiger partial charge is 0.200 e. The molecule has 0 aliphatic rings. The van der Waals surface area contributed by atoms with Gasteiger partial charge >= 0.3 is 0 Å². The molecule has 0 bridgehead atoms. The fourth-order valence-electron chi connectivity index (χ4n) is 15.5. The van der Waals surface area contributed by atoms with Crippen LogP contribution >= 0.6 is 45.3 Å². The maximum absolute atomic E-state index is 7.67. The van der Waals surface area contributed by atoms with Crippen LogP contribution in [0.5, 0.6) is 0 Å². The van der Waals surface area contributed by atoms with Crippen LogP contribution < -0.4 is 18.3 Å². The zero-order chi connectivity index (χ0) is 73.0. The van der Waals surface area contributed by atoms with Gasteiger partial charge in [0.05, 0.1) is 18.8 Å². The van der Waals surface area contributed by atoms with Crippen molar-refractivity contribution < 1.29 is 22.4 Å². The summed E-state index contributed by atoms with van der Waals surface area (Å²) in [4.78, 5) is 0. The molecule has 498 valence electrons. The average Bonchev–Trinajstić information content (AvgIpc) is 1.58. The van der Waals surface area contributed by atoms with E-state index in [1.54, 1.807) is 12.1 Å². The van der Waals surface area contributed by atoms with E-state index in [-0.39, 0.29) is 0 Å². The minimum atomic E-state index is -2.09. The predicted octanol–water partition coefficient (Wildman–Crippen LogP) is 25.0. The van der Waals surface area contributed by atoms with Crippen LogP contribution in [-0.4, -0.2) is 0 Å². The Morgan fingerprint density at radius 3 is 0.942 bits per heavy atom. The SMILES string of the molecule is Cc1ccc(-c2cc3c(c[n+]2C)sc2cc4ccccc4cc23)c(C)c1.Cc1ccc(-c2cc3c(c[n+]2C)sc2ccc4ccccc4c23)c(C)c1.Cc1ccccc1-c1cc2c(c[n+]1C)sc1cc3ccccc3cc12.[2H]C([2H])([2H])c1ccc(-c2cc3c(c[n+]2C)sc2ccc4ccccc4c23)c(C)c1. The molecule has 20 rings (SSSR count). The monoisotopic (exact) mass is 1410 g/mol. The van der Waals surface area contributed by atoms with E-state index in [0.29, 0.717) is 5.56 Å². The van der Waals surface area contributed by atoms with Gasteiger partial charge in [-0.05, 0) is 174 Å². The molecule has 0 aliphatic carbocycles. The fourth-order valence-corrected chi connectivity index (χ4v) is 20.2. The Morgan fingerprint density at radius 1 is 0.233 bits per heavy atom. The lowest BCUT2D eigenvalue weighted by Crippen LogP contribution is -2.30. The summed E-state index contributed by atoms with van der Waals surface area (Å²) in [5.74, 6) is 0. The van der Waals surface area contributed by atoms with E-state index in [1.165, 1.54) is 185 Å². The minimum absolute atomic E-state index is 0.384. The summed E-state index contributed by atoms with van der Waals surface area (Å²) in [5.41, 5.74) is 17.8. The van der Waals surface area contributed by atoms with Crippen molar-refractivity contribution in [1.82, 2.24) is 0 Å². The van der Waals surface area contributed by atoms with Crippen molar-refractivity contribution in [3.63, 3.8) is 0 Å². The van der Waals surface area contributed by atoms with E-state index >= 15 is 0 Å². The van der Waals surface area contributed by atoms with Gasteiger partial charge in [-0.25, -0.2) is 0 Å². The molecule has 4 nitrogen and oxygen atoms in total. The lowest BCUT2D eigenvalue weighted by atomic mass is 10.00. The number of aromatic nitrogens is 4. The van der Waals surface area contributed by atoms with Gasteiger partial charge in [0.1, 0.15) is 28.2 Å². The van der Waals surface area contributed by atoms with E-state index in [2.05, 4.69) is 329 Å². The van der Waals surface area contributed by atoms with E-state index in [0.717, 1.165) is 16.8 Å². The molecule has 0 unspecified atom stereocenters. The number of rotatable bonds is 4. The van der Waals surface area contributed by atoms with Gasteiger partial charge in [0.25, 0.3) is 0 Å². The number of pyridine rings is 4. The van der Waals surface area contributed by atoms with Gasteiger partial charge in [-0.15, -0.1) is 45.3 Å². The molecule has 0 radical (unpaired) electrons. The van der Waals surface area contributed by atoms with Crippen molar-refractivity contribution >= 4 is 169 Å². The zero-order valence-electron chi connectivity index (χ0n) is 62.4. The maximum atomic E-state index is 7.67. The highest BCUT2D eigenvalue weighted by molar-refractivity contribution is 7.27. The van der Waals surface area contributed by atoms with Gasteiger partial charge in [0, 0.05) is 113 Å². The third-order valence-electron chi connectivity index (χ3n) is 20.7. The average molecular weight is 1410 g/mol. The van der Waals surface area contributed by atoms with Crippen LogP contribution in [0.4, 0.5) is 0 Å². The Bertz CT molecular complexity index is 6960. The topological polar surface area (TPSA) is 15.5 Å². The summed E-state index contributed by atoms with van der Waals surface area (Å²) in [6, 6.07) is 89.5. The highest BCUT2D eigenvalue weighted by Gasteiger charge is 2.23. The number of nitrogens with zero attached hydrogens (tertiary/aromatic N) is 4. The summed E-state index contributed by atoms with van der Waals surface area (Å²) < 4.78 is 42.5. The summed E-state index contributed by atoms with van der Waals surface area (Å²) >= 11 is 7.45. The lowest BCUT2D eigenvalue weighted by molar-refractivity contribution is -0.659. The Morgan fingerprint density at radius 2 is 0.544 bits per heavy atom. The van der Waals surface area contributed by atoms with Crippen LogP contribution in [0.15, 0.2) is 274 Å². The van der Waals surface area contributed by atoms with Gasteiger partial charge < -0.3 is 0 Å². The molecular weight excluding hydrogens is 1330 g/mol. The highest BCUT2D eigenvalue weighted by Crippen LogP contribution is 2.44. The number of benzene rings is 12. The standard InChI is InChI=1S/3C24H20NS.C23H18NS/c2*1-15-8-10-18(16(2)12-15)21-13-20-23(14-25(21)3)26-22-11-9-17-6-4-5-7-19(17)24(20)22;1-15-8-9-19(16(2)10-15)22-13-21-20-11-17-6-4-5-7-18(17)12-23(20)26-24(21)14-25(22)3;1-15-7-3-6-10-18(15)21-13-20-19-11-16-8-4-5-9-17(16)12-22(19)25-23(20)14-24(21)2/h3*4-14H,1-3H3;3-14H,1-2H3/q4*+1/i1D3;;;. The second kappa shape index (κ2) is 26.5. The van der Waals surface area contributed by atoms with Crippen LogP contribution in [0.1, 0.15) is 43.1 Å². The summed E-state index contributed by atoms with van der Waals surface area (Å²) in [7, 11) is 8.49. The molecule has 8 heteroatoms. The number of hydrogen-bond acceptors (Lipinski definition) is 4. The Balaban J connectivity index is 0.000000104. The van der Waals surface area contributed by atoms with Gasteiger partial charge in [-0.2, -0.15) is 18.3 Å². The van der Waals surface area contributed by atoms with Crippen LogP contribution in [0, 0.1) is 48.4 Å². The Kier molecular flexibility index (Phi) is 16.0. The van der Waals surface area contributed by atoms with Gasteiger partial charge in [-0.3, -0.25) is 0 Å². The van der Waals surface area contributed by atoms with E-state index < -0.39 is 6.85 Å². The van der Waals surface area contributed by atoms with Gasteiger partial charge in [0.2, 0.25) is 22.8 Å². The number of thiophene rings is 4. The molecule has 0 aliphatic heterocycles. The first-order valence-electron chi connectivity index (χ1n) is 36.5. The van der Waals surface area contributed by atoms with Gasteiger partial charge in [-0.1, -0.05) is 180 Å². The van der Waals surface area contributed by atoms with Crippen molar-refractivity contribution in [2.75, 3.05) is 0 Å². The number of aryl methyl sites for hydroxylation is 11. The molecule has 0 fully saturated rings. The normalized spacial score (nSPS) is 12.2. The largest absolute Gasteiger partial charge is 0.213 e. The number of fused-ring (bicyclic) bond motifs is 18. The minimum Gasteiger partial charge on any atom is -0.200 e. The summed E-state index contributed by atoms with van der Waals surface area (Å²) in [5, 5.41) is 21.1. The van der Waals surface area contributed by atoms with Crippen molar-refractivity contribution in [3.05, 3.63) is 312 Å². The third kappa shape index (κ3) is 12.1. The second-order valence-corrected chi connectivity index (χ2v) is 32.1. The van der Waals surface area contributed by atoms with Gasteiger partial charge in [0.15, 0.2) is 24.8 Å². The van der Waals surface area contributed by atoms with Crippen LogP contribution in [0.25, 0.3) is 169 Å². The molecule has 0 atom stereocenters. The molecule has 0 spiro atoms. The maximum Gasteiger partial charge on any atom is 0.213 e. The van der Waals surface area contributed by atoms with Crippen molar-refractivity contribution in [1.29, 1.82) is 0 Å². The molecule has 8 heterocycles. The van der Waals surface area contributed by atoms with Crippen LogP contribution in [-0.2, 0) is 28.2 Å². The van der Waals surface area contributed by atoms with Crippen LogP contribution in [0.2, 0.25) is 0 Å². The number of hydrogen-bond donors (Lipinski definition) is 0. The summed E-state index contributed by atoms with van der Waals surface area (Å²) in [6.07, 6.45) is 9.01. The van der Waals surface area contributed by atoms with Crippen molar-refractivity contribution in [2.24, 2.45) is 28.2 Å². The molecule has 0 amide bonds. The van der Waals surface area contributed by atoms with Crippen LogP contribution in [0.3, 0.4) is 0 Å². The molecule has 20 aromatic rings. The first-order chi connectivity index (χ1) is 51.2. The summed E-state index contributed by atoms with van der Waals surface area (Å²) in [6.45, 7) is 10.8. The third-order valence-corrected chi connectivity index (χ3v) is 25.1. The van der Waals surface area contributed by atoms with E-state index in [4.69, 9.17) is 4.11 Å². The molecule has 0 saturated carbocycles. The Hall–Kier alpha value is -10.8.